The van der Waals surface area contributed by atoms with Crippen LogP contribution in [-0.2, 0) is 11.3 Å². The highest BCUT2D eigenvalue weighted by Gasteiger charge is 2.23. The first-order valence-corrected chi connectivity index (χ1v) is 11.5. The topological polar surface area (TPSA) is 110 Å². The van der Waals surface area contributed by atoms with Crippen LogP contribution in [0.25, 0.3) is 22.7 Å². The van der Waals surface area contributed by atoms with Crippen molar-refractivity contribution in [3.8, 4) is 34.2 Å². The average Bonchev–Trinajstić information content (AvgIpc) is 3.48. The van der Waals surface area contributed by atoms with Gasteiger partial charge >= 0.3 is 5.97 Å². The molecule has 2 aromatic heterocycles. The summed E-state index contributed by atoms with van der Waals surface area (Å²) in [6.45, 7) is 6.20. The van der Waals surface area contributed by atoms with Gasteiger partial charge in [-0.2, -0.15) is 0 Å². The maximum absolute atomic E-state index is 12.7. The standard InChI is InChI=1S/C25H24ClN3O6/c1-4-11-32-23-18(26)12-17(13-19(23)31-5-2)25(30)33-14-20-27-28-24(34-20)21-15(3)35-29-22(21)16-9-7-6-8-10-16/h6-10,12-13H,4-5,11,14H2,1-3H3. The first-order chi connectivity index (χ1) is 17.0. The Balaban J connectivity index is 1.49. The Morgan fingerprint density at radius 3 is 2.63 bits per heavy atom. The Hall–Kier alpha value is -3.85. The quantitative estimate of drug-likeness (QED) is 0.247. The van der Waals surface area contributed by atoms with Crippen LogP contribution >= 0.6 is 11.6 Å². The SMILES string of the molecule is CCCOc1c(Cl)cc(C(=O)OCc2nnc(-c3c(-c4ccccc4)noc3C)o2)cc1OCC. The van der Waals surface area contributed by atoms with Crippen molar-refractivity contribution in [1.82, 2.24) is 15.4 Å². The number of ether oxygens (including phenoxy) is 3. The van der Waals surface area contributed by atoms with E-state index in [1.807, 2.05) is 44.2 Å². The first kappa shape index (κ1) is 24.3. The summed E-state index contributed by atoms with van der Waals surface area (Å²) < 4.78 is 27.7. The molecule has 4 rings (SSSR count). The average molecular weight is 498 g/mol. The van der Waals surface area contributed by atoms with Crippen LogP contribution in [-0.4, -0.2) is 34.5 Å². The van der Waals surface area contributed by atoms with E-state index in [9.17, 15) is 4.79 Å². The number of nitrogens with zero attached hydrogens (tertiary/aromatic N) is 3. The van der Waals surface area contributed by atoms with Gasteiger partial charge in [0.15, 0.2) is 18.1 Å². The molecule has 2 aromatic carbocycles. The molecular formula is C25H24ClN3O6. The molecule has 0 saturated heterocycles. The second kappa shape index (κ2) is 11.1. The lowest BCUT2D eigenvalue weighted by atomic mass is 10.1. The minimum Gasteiger partial charge on any atom is -0.490 e. The number of rotatable bonds is 10. The smallest absolute Gasteiger partial charge is 0.338 e. The van der Waals surface area contributed by atoms with Crippen LogP contribution in [0.4, 0.5) is 0 Å². The zero-order valence-corrected chi connectivity index (χ0v) is 20.3. The minimum absolute atomic E-state index is 0.118. The number of esters is 1. The molecule has 4 aromatic rings. The predicted molar refractivity (Wildman–Crippen MR) is 127 cm³/mol. The molecule has 0 amide bonds. The van der Waals surface area contributed by atoms with Gasteiger partial charge in [0.25, 0.3) is 11.8 Å². The van der Waals surface area contributed by atoms with E-state index in [1.54, 1.807) is 6.92 Å². The van der Waals surface area contributed by atoms with E-state index in [4.69, 9.17) is 34.8 Å². The molecule has 0 fully saturated rings. The Morgan fingerprint density at radius 2 is 1.89 bits per heavy atom. The van der Waals surface area contributed by atoms with Gasteiger partial charge < -0.3 is 23.2 Å². The van der Waals surface area contributed by atoms with E-state index >= 15 is 0 Å². The third-order valence-corrected chi connectivity index (χ3v) is 5.19. The first-order valence-electron chi connectivity index (χ1n) is 11.1. The monoisotopic (exact) mass is 497 g/mol. The van der Waals surface area contributed by atoms with Crippen molar-refractivity contribution in [3.05, 3.63) is 64.7 Å². The highest BCUT2D eigenvalue weighted by Crippen LogP contribution is 2.37. The van der Waals surface area contributed by atoms with Gasteiger partial charge in [-0.25, -0.2) is 4.79 Å². The van der Waals surface area contributed by atoms with Gasteiger partial charge in [-0.15, -0.1) is 10.2 Å². The molecule has 35 heavy (non-hydrogen) atoms. The van der Waals surface area contributed by atoms with Gasteiger partial charge in [-0.1, -0.05) is 54.0 Å². The van der Waals surface area contributed by atoms with E-state index in [-0.39, 0.29) is 29.0 Å². The maximum atomic E-state index is 12.7. The second-order valence-electron chi connectivity index (χ2n) is 7.47. The molecule has 0 bridgehead atoms. The number of benzene rings is 2. The van der Waals surface area contributed by atoms with Crippen molar-refractivity contribution in [3.63, 3.8) is 0 Å². The van der Waals surface area contributed by atoms with Gasteiger partial charge in [0.2, 0.25) is 0 Å². The number of carbonyl (C=O) groups excluding carboxylic acids is 1. The summed E-state index contributed by atoms with van der Waals surface area (Å²) in [4.78, 5) is 12.7. The van der Waals surface area contributed by atoms with Gasteiger partial charge in [-0.3, -0.25) is 0 Å². The zero-order chi connectivity index (χ0) is 24.8. The summed E-state index contributed by atoms with van der Waals surface area (Å²) in [5.41, 5.74) is 2.22. The molecule has 2 heterocycles. The summed E-state index contributed by atoms with van der Waals surface area (Å²) in [5, 5.41) is 12.5. The van der Waals surface area contributed by atoms with Gasteiger partial charge in [-0.05, 0) is 32.4 Å². The van der Waals surface area contributed by atoms with Crippen LogP contribution in [0, 0.1) is 6.92 Å². The number of carbonyl (C=O) groups is 1. The fourth-order valence-corrected chi connectivity index (χ4v) is 3.60. The lowest BCUT2D eigenvalue weighted by Crippen LogP contribution is -2.08. The number of aromatic nitrogens is 3. The van der Waals surface area contributed by atoms with Crippen LogP contribution in [0.5, 0.6) is 11.5 Å². The molecule has 0 aliphatic carbocycles. The fraction of sp³-hybridized carbons (Fsp3) is 0.280. The third kappa shape index (κ3) is 5.46. The van der Waals surface area contributed by atoms with Crippen molar-refractivity contribution in [2.75, 3.05) is 13.2 Å². The predicted octanol–water partition coefficient (Wildman–Crippen LogP) is 5.90. The summed E-state index contributed by atoms with van der Waals surface area (Å²) in [5.74, 6) is 1.00. The van der Waals surface area contributed by atoms with Crippen LogP contribution in [0.3, 0.4) is 0 Å². The van der Waals surface area contributed by atoms with Crippen molar-refractivity contribution in [2.24, 2.45) is 0 Å². The van der Waals surface area contributed by atoms with E-state index in [0.29, 0.717) is 41.7 Å². The van der Waals surface area contributed by atoms with Crippen LogP contribution in [0.1, 0.15) is 42.3 Å². The van der Waals surface area contributed by atoms with Gasteiger partial charge in [0.1, 0.15) is 17.0 Å². The van der Waals surface area contributed by atoms with E-state index in [1.165, 1.54) is 12.1 Å². The molecule has 0 radical (unpaired) electrons. The van der Waals surface area contributed by atoms with E-state index in [2.05, 4.69) is 15.4 Å². The molecule has 9 nitrogen and oxygen atoms in total. The molecule has 0 saturated carbocycles. The Bertz CT molecular complexity index is 1300. The second-order valence-corrected chi connectivity index (χ2v) is 7.88. The van der Waals surface area contributed by atoms with Crippen molar-refractivity contribution in [1.29, 1.82) is 0 Å². The number of halogens is 1. The van der Waals surface area contributed by atoms with E-state index in [0.717, 1.165) is 12.0 Å². The summed E-state index contributed by atoms with van der Waals surface area (Å²) >= 11 is 6.34. The molecule has 0 atom stereocenters. The molecular weight excluding hydrogens is 474 g/mol. The van der Waals surface area contributed by atoms with Crippen molar-refractivity contribution in [2.45, 2.75) is 33.8 Å². The third-order valence-electron chi connectivity index (χ3n) is 4.91. The van der Waals surface area contributed by atoms with Gasteiger partial charge in [0.05, 0.1) is 23.8 Å². The zero-order valence-electron chi connectivity index (χ0n) is 19.5. The number of hydrogen-bond donors (Lipinski definition) is 0. The molecule has 0 spiro atoms. The Kier molecular flexibility index (Phi) is 7.67. The van der Waals surface area contributed by atoms with Gasteiger partial charge in [0, 0.05) is 5.56 Å². The Labute approximate surface area is 206 Å². The summed E-state index contributed by atoms with van der Waals surface area (Å²) in [6.07, 6.45) is 0.805. The lowest BCUT2D eigenvalue weighted by molar-refractivity contribution is 0.0438. The molecule has 10 heteroatoms. The van der Waals surface area contributed by atoms with Crippen molar-refractivity contribution >= 4 is 17.6 Å². The number of aryl methyl sites for hydroxylation is 1. The van der Waals surface area contributed by atoms with Crippen LogP contribution < -0.4 is 9.47 Å². The van der Waals surface area contributed by atoms with Crippen LogP contribution in [0.2, 0.25) is 5.02 Å². The summed E-state index contributed by atoms with van der Waals surface area (Å²) in [7, 11) is 0. The normalized spacial score (nSPS) is 10.9. The minimum atomic E-state index is -0.624. The van der Waals surface area contributed by atoms with Crippen molar-refractivity contribution < 1.29 is 27.9 Å². The molecule has 182 valence electrons. The lowest BCUT2D eigenvalue weighted by Gasteiger charge is -2.14. The molecule has 0 aliphatic heterocycles. The largest absolute Gasteiger partial charge is 0.490 e. The van der Waals surface area contributed by atoms with Crippen LogP contribution in [0.15, 0.2) is 51.4 Å². The maximum Gasteiger partial charge on any atom is 0.338 e. The molecule has 0 N–H and O–H groups in total. The molecule has 0 unspecified atom stereocenters. The highest BCUT2D eigenvalue weighted by atomic mass is 35.5. The summed E-state index contributed by atoms with van der Waals surface area (Å²) in [6, 6.07) is 12.5. The fourth-order valence-electron chi connectivity index (χ4n) is 3.33. The Morgan fingerprint density at radius 1 is 1.09 bits per heavy atom. The van der Waals surface area contributed by atoms with E-state index < -0.39 is 5.97 Å². The highest BCUT2D eigenvalue weighted by molar-refractivity contribution is 6.32. The number of hydrogen-bond acceptors (Lipinski definition) is 9. The molecule has 0 aliphatic rings.